The lowest BCUT2D eigenvalue weighted by atomic mass is 9.74. The van der Waals surface area contributed by atoms with Gasteiger partial charge in [-0.05, 0) is 66.6 Å². The summed E-state index contributed by atoms with van der Waals surface area (Å²) >= 11 is 0. The van der Waals surface area contributed by atoms with Crippen LogP contribution in [0.4, 0.5) is 4.39 Å². The first-order chi connectivity index (χ1) is 18.5. The second-order valence-corrected chi connectivity index (χ2v) is 12.5. The Morgan fingerprint density at radius 2 is 0.846 bits per heavy atom. The van der Waals surface area contributed by atoms with Gasteiger partial charge in [0.15, 0.2) is 5.67 Å². The van der Waals surface area contributed by atoms with Crippen LogP contribution >= 0.6 is 0 Å². The van der Waals surface area contributed by atoms with Crippen LogP contribution in [0.15, 0.2) is 97.1 Å². The number of nitrogens with one attached hydrogen (secondary N) is 1. The minimum atomic E-state index is -1.60. The summed E-state index contributed by atoms with van der Waals surface area (Å²) in [7, 11) is 0. The van der Waals surface area contributed by atoms with Crippen molar-refractivity contribution in [3.05, 3.63) is 142 Å². The molecule has 1 atom stereocenters. The fraction of sp³-hybridized carbons (Fsp3) is 0.351. The van der Waals surface area contributed by atoms with Crippen LogP contribution in [-0.2, 0) is 16.5 Å². The number of halogens is 1. The van der Waals surface area contributed by atoms with Crippen LogP contribution < -0.4 is 5.32 Å². The highest BCUT2D eigenvalue weighted by Crippen LogP contribution is 2.43. The summed E-state index contributed by atoms with van der Waals surface area (Å²) in [6, 6.07) is 33.7. The molecule has 0 bridgehead atoms. The van der Waals surface area contributed by atoms with Gasteiger partial charge >= 0.3 is 0 Å². The van der Waals surface area contributed by atoms with Crippen molar-refractivity contribution in [3.8, 4) is 0 Å². The van der Waals surface area contributed by atoms with E-state index in [1.54, 1.807) is 0 Å². The van der Waals surface area contributed by atoms with Crippen molar-refractivity contribution >= 4 is 0 Å². The van der Waals surface area contributed by atoms with E-state index in [1.807, 2.05) is 24.3 Å². The van der Waals surface area contributed by atoms with E-state index < -0.39 is 5.67 Å². The number of benzene rings is 4. The van der Waals surface area contributed by atoms with E-state index in [1.165, 1.54) is 33.4 Å². The largest absolute Gasteiger partial charge is 0.310 e. The Morgan fingerprint density at radius 3 is 1.15 bits per heavy atom. The lowest BCUT2D eigenvalue weighted by molar-refractivity contribution is 0.163. The van der Waals surface area contributed by atoms with E-state index in [0.717, 1.165) is 30.5 Å². The highest BCUT2D eigenvalue weighted by Gasteiger charge is 2.44. The molecule has 5 rings (SSSR count). The molecule has 1 aliphatic heterocycles. The maximum Gasteiger partial charge on any atom is 0.176 e. The molecule has 0 radical (unpaired) electrons. The van der Waals surface area contributed by atoms with Gasteiger partial charge < -0.3 is 5.32 Å². The SMILES string of the molecule is Cc1ccc(C(C)(C)c2ccc(C(F)(c3ccc(C(C)(C)c4ccc(C)cc4)cc3)[C@H]3CCCN3)cc2)cc1. The van der Waals surface area contributed by atoms with Gasteiger partial charge in [0.1, 0.15) is 0 Å². The van der Waals surface area contributed by atoms with Crippen molar-refractivity contribution in [1.82, 2.24) is 5.32 Å². The molecule has 4 aromatic rings. The molecule has 0 aromatic heterocycles. The average molecular weight is 520 g/mol. The van der Waals surface area contributed by atoms with Gasteiger partial charge in [0, 0.05) is 16.9 Å². The van der Waals surface area contributed by atoms with E-state index in [4.69, 9.17) is 0 Å². The fourth-order valence-electron chi connectivity index (χ4n) is 6.13. The highest BCUT2D eigenvalue weighted by molar-refractivity contribution is 5.46. The second kappa shape index (κ2) is 10.4. The molecule has 1 saturated heterocycles. The molecular formula is C37H42FN. The summed E-state index contributed by atoms with van der Waals surface area (Å²) < 4.78 is 17.5. The molecule has 1 heterocycles. The summed E-state index contributed by atoms with van der Waals surface area (Å²) in [5, 5.41) is 3.47. The summed E-state index contributed by atoms with van der Waals surface area (Å²) in [5.41, 5.74) is 6.91. The van der Waals surface area contributed by atoms with Crippen molar-refractivity contribution in [1.29, 1.82) is 0 Å². The first kappa shape index (κ1) is 27.3. The third-order valence-electron chi connectivity index (χ3n) is 9.14. The van der Waals surface area contributed by atoms with E-state index in [-0.39, 0.29) is 16.9 Å². The molecule has 0 spiro atoms. The molecule has 4 aromatic carbocycles. The van der Waals surface area contributed by atoms with Crippen LogP contribution in [0.25, 0.3) is 0 Å². The van der Waals surface area contributed by atoms with Crippen molar-refractivity contribution in [2.75, 3.05) is 6.54 Å². The molecule has 1 nitrogen and oxygen atoms in total. The zero-order valence-corrected chi connectivity index (χ0v) is 24.3. The van der Waals surface area contributed by atoms with Gasteiger partial charge in [-0.15, -0.1) is 0 Å². The van der Waals surface area contributed by atoms with Crippen LogP contribution in [-0.4, -0.2) is 12.6 Å². The van der Waals surface area contributed by atoms with E-state index in [0.29, 0.717) is 0 Å². The highest BCUT2D eigenvalue weighted by atomic mass is 19.1. The molecule has 0 aliphatic carbocycles. The van der Waals surface area contributed by atoms with Gasteiger partial charge in [-0.3, -0.25) is 0 Å². The van der Waals surface area contributed by atoms with Gasteiger partial charge in [0.25, 0.3) is 0 Å². The first-order valence-electron chi connectivity index (χ1n) is 14.3. The quantitative estimate of drug-likeness (QED) is 0.257. The third-order valence-corrected chi connectivity index (χ3v) is 9.14. The fourth-order valence-corrected chi connectivity index (χ4v) is 6.13. The van der Waals surface area contributed by atoms with Gasteiger partial charge in [0.05, 0.1) is 0 Å². The molecule has 202 valence electrons. The second-order valence-electron chi connectivity index (χ2n) is 12.5. The Morgan fingerprint density at radius 1 is 0.538 bits per heavy atom. The summed E-state index contributed by atoms with van der Waals surface area (Å²) in [6.45, 7) is 14.0. The predicted octanol–water partition coefficient (Wildman–Crippen LogP) is 8.92. The number of alkyl halides is 1. The number of hydrogen-bond donors (Lipinski definition) is 1. The molecule has 2 heteroatoms. The Balaban J connectivity index is 1.49. The number of hydrogen-bond acceptors (Lipinski definition) is 1. The summed E-state index contributed by atoms with van der Waals surface area (Å²) in [6.07, 6.45) is 1.82. The van der Waals surface area contributed by atoms with Gasteiger partial charge in [-0.1, -0.05) is 136 Å². The topological polar surface area (TPSA) is 12.0 Å². The first-order valence-corrected chi connectivity index (χ1v) is 14.3. The van der Waals surface area contributed by atoms with Crippen molar-refractivity contribution in [3.63, 3.8) is 0 Å². The van der Waals surface area contributed by atoms with Crippen LogP contribution in [0, 0.1) is 13.8 Å². The third kappa shape index (κ3) is 5.08. The molecule has 39 heavy (non-hydrogen) atoms. The molecule has 0 saturated carbocycles. The molecule has 1 N–H and O–H groups in total. The zero-order chi connectivity index (χ0) is 27.8. The zero-order valence-electron chi connectivity index (χ0n) is 24.3. The van der Waals surface area contributed by atoms with Crippen LogP contribution in [0.3, 0.4) is 0 Å². The van der Waals surface area contributed by atoms with Crippen molar-refractivity contribution in [2.45, 2.75) is 76.9 Å². The molecule has 0 unspecified atom stereocenters. The van der Waals surface area contributed by atoms with E-state index in [2.05, 4.69) is 120 Å². The lowest BCUT2D eigenvalue weighted by Gasteiger charge is -2.34. The molecule has 0 amide bonds. The molecule has 1 aliphatic rings. The maximum atomic E-state index is 17.5. The Labute approximate surface area is 234 Å². The van der Waals surface area contributed by atoms with E-state index >= 15 is 4.39 Å². The maximum absolute atomic E-state index is 17.5. The Kier molecular flexibility index (Phi) is 7.29. The van der Waals surface area contributed by atoms with Gasteiger partial charge in [0.2, 0.25) is 0 Å². The predicted molar refractivity (Wildman–Crippen MR) is 162 cm³/mol. The minimum Gasteiger partial charge on any atom is -0.310 e. The monoisotopic (exact) mass is 519 g/mol. The Bertz CT molecular complexity index is 1290. The van der Waals surface area contributed by atoms with E-state index in [9.17, 15) is 0 Å². The molecular weight excluding hydrogens is 477 g/mol. The molecule has 1 fully saturated rings. The average Bonchev–Trinajstić information content (AvgIpc) is 3.49. The standard InChI is InChI=1S/C37H42FN/c1-26-9-13-28(14-10-26)35(3,4)30-17-21-32(22-18-30)37(38,34-8-7-25-39-34)33-23-19-31(20-24-33)36(5,6)29-15-11-27(2)12-16-29/h9-24,34,39H,7-8,25H2,1-6H3/t34-/m1/s1. The smallest absolute Gasteiger partial charge is 0.176 e. The minimum absolute atomic E-state index is 0.167. The van der Waals surface area contributed by atoms with Crippen LogP contribution in [0.5, 0.6) is 0 Å². The summed E-state index contributed by atoms with van der Waals surface area (Å²) in [4.78, 5) is 0. The van der Waals surface area contributed by atoms with Crippen molar-refractivity contribution in [2.24, 2.45) is 0 Å². The van der Waals surface area contributed by atoms with Crippen molar-refractivity contribution < 1.29 is 4.39 Å². The van der Waals surface area contributed by atoms with Crippen LogP contribution in [0.1, 0.15) is 85.0 Å². The lowest BCUT2D eigenvalue weighted by Crippen LogP contribution is -2.43. The normalized spacial score (nSPS) is 16.4. The number of aryl methyl sites for hydroxylation is 2. The van der Waals surface area contributed by atoms with Gasteiger partial charge in [-0.2, -0.15) is 0 Å². The summed E-state index contributed by atoms with van der Waals surface area (Å²) in [5.74, 6) is 0. The van der Waals surface area contributed by atoms with Crippen LogP contribution in [0.2, 0.25) is 0 Å². The Hall–Kier alpha value is -3.23. The number of rotatable bonds is 7. The van der Waals surface area contributed by atoms with Gasteiger partial charge in [-0.25, -0.2) is 4.39 Å².